The number of nitrogens with two attached hydrogens (primary N) is 1. The Morgan fingerprint density at radius 3 is 2.64 bits per heavy atom. The normalized spacial score (nSPS) is 10.4. The van der Waals surface area contributed by atoms with Gasteiger partial charge in [-0.2, -0.15) is 0 Å². The van der Waals surface area contributed by atoms with Crippen LogP contribution in [0.5, 0.6) is 0 Å². The van der Waals surface area contributed by atoms with Crippen LogP contribution in [0.4, 0.5) is 5.82 Å². The molecule has 0 saturated carbocycles. The summed E-state index contributed by atoms with van der Waals surface area (Å²) in [4.78, 5) is 5.37. The average Bonchev–Trinajstić information content (AvgIpc) is 2.48. The zero-order valence-corrected chi connectivity index (χ0v) is 10.0. The maximum absolute atomic E-state index is 5.71. The summed E-state index contributed by atoms with van der Waals surface area (Å²) >= 11 is 5.11. The van der Waals surface area contributed by atoms with E-state index in [-0.39, 0.29) is 0 Å². The molecule has 0 saturated heterocycles. The molecule has 0 aliphatic carbocycles. The van der Waals surface area contributed by atoms with Crippen LogP contribution in [-0.2, 0) is 0 Å². The number of aromatic nitrogens is 1. The first-order valence-electron chi connectivity index (χ1n) is 4.16. The Hall–Kier alpha value is -0.870. The van der Waals surface area contributed by atoms with Gasteiger partial charge in [-0.25, -0.2) is 4.98 Å². The van der Waals surface area contributed by atoms with Gasteiger partial charge in [0, 0.05) is 14.9 Å². The van der Waals surface area contributed by atoms with E-state index in [9.17, 15) is 0 Å². The van der Waals surface area contributed by atoms with E-state index in [1.54, 1.807) is 11.3 Å². The fourth-order valence-electron chi connectivity index (χ4n) is 1.16. The van der Waals surface area contributed by atoms with Gasteiger partial charge >= 0.3 is 0 Å². The maximum atomic E-state index is 5.71. The Morgan fingerprint density at radius 1 is 1.36 bits per heavy atom. The fraction of sp³-hybridized carbons (Fsp3) is 0.100. The van der Waals surface area contributed by atoms with Crippen molar-refractivity contribution in [2.75, 3.05) is 5.73 Å². The molecule has 0 aliphatic heterocycles. The highest BCUT2D eigenvalue weighted by Gasteiger charge is 2.08. The molecule has 4 heteroatoms. The van der Waals surface area contributed by atoms with Crippen molar-refractivity contribution in [3.8, 4) is 10.6 Å². The number of anilines is 1. The topological polar surface area (TPSA) is 38.9 Å². The Bertz CT molecular complexity index is 445. The first kappa shape index (κ1) is 9.68. The second-order valence-corrected chi connectivity index (χ2v) is 5.00. The van der Waals surface area contributed by atoms with E-state index in [1.165, 1.54) is 0 Å². The number of thiazole rings is 1. The van der Waals surface area contributed by atoms with Crippen molar-refractivity contribution < 1.29 is 0 Å². The number of rotatable bonds is 1. The van der Waals surface area contributed by atoms with Gasteiger partial charge in [0.15, 0.2) is 0 Å². The van der Waals surface area contributed by atoms with Gasteiger partial charge in [0.25, 0.3) is 0 Å². The second-order valence-electron chi connectivity index (χ2n) is 2.94. The molecule has 2 N–H and O–H groups in total. The molecule has 0 radical (unpaired) electrons. The van der Waals surface area contributed by atoms with Crippen LogP contribution < -0.4 is 5.73 Å². The minimum Gasteiger partial charge on any atom is -0.383 e. The van der Waals surface area contributed by atoms with Crippen LogP contribution in [0.3, 0.4) is 0 Å². The molecule has 0 unspecified atom stereocenters. The summed E-state index contributed by atoms with van der Waals surface area (Å²) < 4.78 is 1.05. The molecule has 0 spiro atoms. The van der Waals surface area contributed by atoms with Crippen molar-refractivity contribution >= 4 is 33.1 Å². The largest absolute Gasteiger partial charge is 0.383 e. The smallest absolute Gasteiger partial charge is 0.138 e. The molecule has 1 aromatic carbocycles. The average molecular weight is 269 g/mol. The highest BCUT2D eigenvalue weighted by molar-refractivity contribution is 9.10. The van der Waals surface area contributed by atoms with E-state index in [0.29, 0.717) is 5.82 Å². The van der Waals surface area contributed by atoms with Crippen LogP contribution in [0.1, 0.15) is 4.88 Å². The summed E-state index contributed by atoms with van der Waals surface area (Å²) in [5, 5.41) is 0.965. The summed E-state index contributed by atoms with van der Waals surface area (Å²) in [7, 11) is 0. The van der Waals surface area contributed by atoms with E-state index in [2.05, 4.69) is 20.9 Å². The van der Waals surface area contributed by atoms with Crippen LogP contribution in [0.15, 0.2) is 28.7 Å². The van der Waals surface area contributed by atoms with Crippen molar-refractivity contribution in [2.24, 2.45) is 0 Å². The van der Waals surface area contributed by atoms with Gasteiger partial charge in [-0.1, -0.05) is 34.1 Å². The summed E-state index contributed by atoms with van der Waals surface area (Å²) in [6.07, 6.45) is 0. The van der Waals surface area contributed by atoms with Gasteiger partial charge in [-0.05, 0) is 13.0 Å². The van der Waals surface area contributed by atoms with Crippen molar-refractivity contribution in [2.45, 2.75) is 6.92 Å². The molecular formula is C10H9BrN2S. The van der Waals surface area contributed by atoms with Gasteiger partial charge in [-0.3, -0.25) is 0 Å². The Labute approximate surface area is 94.9 Å². The Balaban J connectivity index is 2.55. The molecule has 2 nitrogen and oxygen atoms in total. The number of hydrogen-bond donors (Lipinski definition) is 1. The highest BCUT2D eigenvalue weighted by atomic mass is 79.9. The van der Waals surface area contributed by atoms with Gasteiger partial charge in [0.05, 0.1) is 0 Å². The second kappa shape index (κ2) is 3.71. The molecule has 2 aromatic rings. The van der Waals surface area contributed by atoms with E-state index >= 15 is 0 Å². The third kappa shape index (κ3) is 1.67. The minimum atomic E-state index is 0.626. The molecule has 0 atom stereocenters. The van der Waals surface area contributed by atoms with Crippen LogP contribution in [0, 0.1) is 6.92 Å². The van der Waals surface area contributed by atoms with Crippen molar-refractivity contribution in [1.29, 1.82) is 0 Å². The number of hydrogen-bond acceptors (Lipinski definition) is 3. The fourth-order valence-corrected chi connectivity index (χ4v) is 2.63. The van der Waals surface area contributed by atoms with Gasteiger partial charge in [0.1, 0.15) is 10.8 Å². The molecule has 72 valence electrons. The van der Waals surface area contributed by atoms with E-state index in [4.69, 9.17) is 5.73 Å². The number of benzene rings is 1. The van der Waals surface area contributed by atoms with Crippen LogP contribution in [0.25, 0.3) is 10.6 Å². The lowest BCUT2D eigenvalue weighted by atomic mass is 10.2. The molecule has 0 aliphatic rings. The number of aryl methyl sites for hydroxylation is 1. The van der Waals surface area contributed by atoms with E-state index in [0.717, 1.165) is 19.9 Å². The molecule has 0 fully saturated rings. The SMILES string of the molecule is Cc1sc(-c2ccccc2Br)nc1N. The van der Waals surface area contributed by atoms with Crippen LogP contribution in [0.2, 0.25) is 0 Å². The van der Waals surface area contributed by atoms with Gasteiger partial charge < -0.3 is 5.73 Å². The molecule has 2 rings (SSSR count). The standard InChI is InChI=1S/C10H9BrN2S/c1-6-9(12)13-10(14-6)7-4-2-3-5-8(7)11/h2-5H,12H2,1H3. The Kier molecular flexibility index (Phi) is 2.56. The lowest BCUT2D eigenvalue weighted by molar-refractivity contribution is 1.38. The molecule has 1 aromatic heterocycles. The lowest BCUT2D eigenvalue weighted by Gasteiger charge is -1.97. The van der Waals surface area contributed by atoms with Crippen LogP contribution >= 0.6 is 27.3 Å². The number of nitrogens with zero attached hydrogens (tertiary/aromatic N) is 1. The summed E-state index contributed by atoms with van der Waals surface area (Å²) in [5.74, 6) is 0.626. The summed E-state index contributed by atoms with van der Waals surface area (Å²) in [5.41, 5.74) is 6.81. The summed E-state index contributed by atoms with van der Waals surface area (Å²) in [6, 6.07) is 8.01. The zero-order chi connectivity index (χ0) is 10.1. The van der Waals surface area contributed by atoms with Crippen LogP contribution in [-0.4, -0.2) is 4.98 Å². The predicted octanol–water partition coefficient (Wildman–Crippen LogP) is 3.46. The number of halogens is 1. The molecular weight excluding hydrogens is 260 g/mol. The third-order valence-electron chi connectivity index (χ3n) is 1.94. The van der Waals surface area contributed by atoms with Gasteiger partial charge in [0.2, 0.25) is 0 Å². The Morgan fingerprint density at radius 2 is 2.07 bits per heavy atom. The molecule has 1 heterocycles. The van der Waals surface area contributed by atoms with Gasteiger partial charge in [-0.15, -0.1) is 11.3 Å². The van der Waals surface area contributed by atoms with Crippen molar-refractivity contribution in [3.05, 3.63) is 33.6 Å². The number of nitrogen functional groups attached to an aromatic ring is 1. The molecule has 0 amide bonds. The zero-order valence-electron chi connectivity index (χ0n) is 7.62. The first-order chi connectivity index (χ1) is 6.68. The maximum Gasteiger partial charge on any atom is 0.138 e. The molecule has 14 heavy (non-hydrogen) atoms. The quantitative estimate of drug-likeness (QED) is 0.861. The predicted molar refractivity (Wildman–Crippen MR) is 64.4 cm³/mol. The monoisotopic (exact) mass is 268 g/mol. The molecule has 0 bridgehead atoms. The minimum absolute atomic E-state index is 0.626. The summed E-state index contributed by atoms with van der Waals surface area (Å²) in [6.45, 7) is 1.98. The highest BCUT2D eigenvalue weighted by Crippen LogP contribution is 2.33. The van der Waals surface area contributed by atoms with E-state index < -0.39 is 0 Å². The van der Waals surface area contributed by atoms with Crippen molar-refractivity contribution in [1.82, 2.24) is 4.98 Å². The van der Waals surface area contributed by atoms with E-state index in [1.807, 2.05) is 31.2 Å². The van der Waals surface area contributed by atoms with Crippen molar-refractivity contribution in [3.63, 3.8) is 0 Å². The third-order valence-corrected chi connectivity index (χ3v) is 3.65. The lowest BCUT2D eigenvalue weighted by Crippen LogP contribution is -1.86. The first-order valence-corrected chi connectivity index (χ1v) is 5.77.